The fourth-order valence-electron chi connectivity index (χ4n) is 3.23. The minimum atomic E-state index is -0.275. The summed E-state index contributed by atoms with van der Waals surface area (Å²) < 4.78 is 27.1. The Bertz CT molecular complexity index is 544. The lowest BCUT2D eigenvalue weighted by molar-refractivity contribution is -0.194. The Labute approximate surface area is 155 Å². The van der Waals surface area contributed by atoms with E-state index in [0.717, 1.165) is 24.2 Å². The summed E-state index contributed by atoms with van der Waals surface area (Å²) in [5.74, 6) is 0.483. The third kappa shape index (κ3) is 5.69. The molecule has 4 atom stereocenters. The lowest BCUT2D eigenvalue weighted by Gasteiger charge is -2.38. The van der Waals surface area contributed by atoms with Gasteiger partial charge in [0.15, 0.2) is 0 Å². The van der Waals surface area contributed by atoms with Crippen LogP contribution in [0.2, 0.25) is 0 Å². The molecule has 146 valence electrons. The van der Waals surface area contributed by atoms with Crippen LogP contribution in [0.25, 0.3) is 0 Å². The van der Waals surface area contributed by atoms with E-state index >= 15 is 0 Å². The maximum absolute atomic E-state index is 12.1. The lowest BCUT2D eigenvalue weighted by atomic mass is 9.84. The molecule has 1 aromatic carbocycles. The Morgan fingerprint density at radius 1 is 1.12 bits per heavy atom. The topological polar surface area (TPSA) is 63.2 Å². The monoisotopic (exact) mass is 366 g/mol. The van der Waals surface area contributed by atoms with Crippen LogP contribution in [0.15, 0.2) is 24.3 Å². The molecule has 1 fully saturated rings. The number of hydrogen-bond donors (Lipinski definition) is 0. The smallest absolute Gasteiger partial charge is 0.311 e. The lowest BCUT2D eigenvalue weighted by Crippen LogP contribution is -2.48. The number of carbonyl (C=O) groups excluding carboxylic acids is 1. The molecule has 2 rings (SSSR count). The zero-order valence-corrected chi connectivity index (χ0v) is 16.1. The van der Waals surface area contributed by atoms with Crippen molar-refractivity contribution in [3.8, 4) is 5.75 Å². The van der Waals surface area contributed by atoms with E-state index in [2.05, 4.69) is 6.92 Å². The molecule has 1 aromatic rings. The van der Waals surface area contributed by atoms with Crippen molar-refractivity contribution in [3.63, 3.8) is 0 Å². The summed E-state index contributed by atoms with van der Waals surface area (Å²) in [5.41, 5.74) is 1.10. The number of hydrogen-bond acceptors (Lipinski definition) is 6. The van der Waals surface area contributed by atoms with Crippen LogP contribution in [0, 0.1) is 11.8 Å². The SMILES string of the molecule is COCO[C@H]1[C@H](C)[C@H](CCCOCc2ccc(OC)cc2)OC(=O)[C@@H]1C. The van der Waals surface area contributed by atoms with Gasteiger partial charge in [0.05, 0.1) is 25.7 Å². The van der Waals surface area contributed by atoms with Crippen LogP contribution in [0.5, 0.6) is 5.75 Å². The van der Waals surface area contributed by atoms with Gasteiger partial charge >= 0.3 is 5.97 Å². The predicted molar refractivity (Wildman–Crippen MR) is 96.8 cm³/mol. The van der Waals surface area contributed by atoms with E-state index in [-0.39, 0.29) is 36.8 Å². The number of methoxy groups -OCH3 is 2. The summed E-state index contributed by atoms with van der Waals surface area (Å²) in [6.07, 6.45) is 1.25. The number of esters is 1. The van der Waals surface area contributed by atoms with E-state index in [0.29, 0.717) is 13.2 Å². The minimum absolute atomic E-state index is 0.124. The molecule has 0 aliphatic carbocycles. The van der Waals surface area contributed by atoms with Gasteiger partial charge in [-0.05, 0) is 37.5 Å². The molecule has 0 spiro atoms. The highest BCUT2D eigenvalue weighted by Crippen LogP contribution is 2.31. The molecule has 0 saturated carbocycles. The van der Waals surface area contributed by atoms with Crippen molar-refractivity contribution in [1.82, 2.24) is 0 Å². The highest BCUT2D eigenvalue weighted by atomic mass is 16.7. The molecular weight excluding hydrogens is 336 g/mol. The molecule has 6 heteroatoms. The molecule has 0 unspecified atom stereocenters. The van der Waals surface area contributed by atoms with E-state index in [1.165, 1.54) is 0 Å². The third-order valence-corrected chi connectivity index (χ3v) is 4.82. The van der Waals surface area contributed by atoms with Gasteiger partial charge in [-0.1, -0.05) is 19.1 Å². The van der Waals surface area contributed by atoms with Crippen LogP contribution in [0.1, 0.15) is 32.3 Å². The van der Waals surface area contributed by atoms with E-state index < -0.39 is 0 Å². The van der Waals surface area contributed by atoms with Crippen molar-refractivity contribution in [2.24, 2.45) is 11.8 Å². The van der Waals surface area contributed by atoms with Gasteiger partial charge in [0.25, 0.3) is 0 Å². The highest BCUT2D eigenvalue weighted by molar-refractivity contribution is 5.73. The average Bonchev–Trinajstić information content (AvgIpc) is 2.66. The first kappa shape index (κ1) is 20.7. The summed E-state index contributed by atoms with van der Waals surface area (Å²) in [6, 6.07) is 7.82. The van der Waals surface area contributed by atoms with E-state index in [1.54, 1.807) is 14.2 Å². The molecule has 1 aliphatic rings. The second kappa shape index (κ2) is 10.5. The Hall–Kier alpha value is -1.63. The summed E-state index contributed by atoms with van der Waals surface area (Å²) in [6.45, 7) is 5.26. The summed E-state index contributed by atoms with van der Waals surface area (Å²) >= 11 is 0. The average molecular weight is 366 g/mol. The van der Waals surface area contributed by atoms with Crippen LogP contribution in [0.3, 0.4) is 0 Å². The number of carbonyl (C=O) groups is 1. The summed E-state index contributed by atoms with van der Waals surface area (Å²) in [5, 5.41) is 0. The Kier molecular flexibility index (Phi) is 8.35. The van der Waals surface area contributed by atoms with Crippen molar-refractivity contribution in [3.05, 3.63) is 29.8 Å². The Balaban J connectivity index is 1.72. The first-order chi connectivity index (χ1) is 12.6. The number of ether oxygens (including phenoxy) is 5. The predicted octanol–water partition coefficient (Wildman–Crippen LogP) is 3.18. The third-order valence-electron chi connectivity index (χ3n) is 4.82. The highest BCUT2D eigenvalue weighted by Gasteiger charge is 2.41. The van der Waals surface area contributed by atoms with Crippen molar-refractivity contribution in [1.29, 1.82) is 0 Å². The van der Waals surface area contributed by atoms with Gasteiger partial charge in [-0.15, -0.1) is 0 Å². The van der Waals surface area contributed by atoms with E-state index in [9.17, 15) is 4.79 Å². The Morgan fingerprint density at radius 3 is 2.50 bits per heavy atom. The molecule has 0 radical (unpaired) electrons. The van der Waals surface area contributed by atoms with Crippen LogP contribution >= 0.6 is 0 Å². The van der Waals surface area contributed by atoms with Crippen molar-refractivity contribution < 1.29 is 28.5 Å². The van der Waals surface area contributed by atoms with Gasteiger partial charge in [0, 0.05) is 19.6 Å². The first-order valence-corrected chi connectivity index (χ1v) is 9.08. The fourth-order valence-corrected chi connectivity index (χ4v) is 3.23. The van der Waals surface area contributed by atoms with Crippen LogP contribution in [-0.4, -0.2) is 45.8 Å². The summed E-state index contributed by atoms with van der Waals surface area (Å²) in [7, 11) is 3.23. The Morgan fingerprint density at radius 2 is 1.85 bits per heavy atom. The molecule has 0 aromatic heterocycles. The molecule has 1 aliphatic heterocycles. The van der Waals surface area contributed by atoms with Gasteiger partial charge < -0.3 is 23.7 Å². The van der Waals surface area contributed by atoms with Gasteiger partial charge in [-0.2, -0.15) is 0 Å². The van der Waals surface area contributed by atoms with Gasteiger partial charge in [0.1, 0.15) is 18.6 Å². The first-order valence-electron chi connectivity index (χ1n) is 9.08. The standard InChI is InChI=1S/C20H30O6/c1-14-18(26-20(21)15(2)19(14)25-13-22-3)6-5-11-24-12-16-7-9-17(23-4)10-8-16/h7-10,14-15,18-19H,5-6,11-13H2,1-4H3/t14-,15-,18+,19+/m1/s1. The van der Waals surface area contributed by atoms with Gasteiger partial charge in [-0.25, -0.2) is 0 Å². The van der Waals surface area contributed by atoms with Crippen LogP contribution in [0.4, 0.5) is 0 Å². The van der Waals surface area contributed by atoms with Gasteiger partial charge in [0.2, 0.25) is 0 Å². The van der Waals surface area contributed by atoms with Gasteiger partial charge in [-0.3, -0.25) is 4.79 Å². The van der Waals surface area contributed by atoms with E-state index in [4.69, 9.17) is 23.7 Å². The summed E-state index contributed by atoms with van der Waals surface area (Å²) in [4.78, 5) is 12.1. The van der Waals surface area contributed by atoms with Crippen molar-refractivity contribution in [2.75, 3.05) is 27.6 Å². The minimum Gasteiger partial charge on any atom is -0.497 e. The van der Waals surface area contributed by atoms with Crippen molar-refractivity contribution >= 4 is 5.97 Å². The maximum atomic E-state index is 12.1. The molecule has 1 heterocycles. The molecule has 26 heavy (non-hydrogen) atoms. The fraction of sp³-hybridized carbons (Fsp3) is 0.650. The zero-order valence-electron chi connectivity index (χ0n) is 16.1. The van der Waals surface area contributed by atoms with Crippen molar-refractivity contribution in [2.45, 2.75) is 45.5 Å². The van der Waals surface area contributed by atoms with E-state index in [1.807, 2.05) is 31.2 Å². The number of rotatable bonds is 10. The zero-order chi connectivity index (χ0) is 18.9. The van der Waals surface area contributed by atoms with Crippen LogP contribution < -0.4 is 4.74 Å². The van der Waals surface area contributed by atoms with Crippen LogP contribution in [-0.2, 0) is 30.3 Å². The maximum Gasteiger partial charge on any atom is 0.311 e. The molecular formula is C20H30O6. The molecule has 6 nitrogen and oxygen atoms in total. The number of benzene rings is 1. The molecule has 0 N–H and O–H groups in total. The quantitative estimate of drug-likeness (QED) is 0.360. The second-order valence-electron chi connectivity index (χ2n) is 6.70. The normalized spacial score (nSPS) is 25.8. The number of cyclic esters (lactones) is 1. The second-order valence-corrected chi connectivity index (χ2v) is 6.70. The largest absolute Gasteiger partial charge is 0.497 e. The molecule has 1 saturated heterocycles. The molecule has 0 bridgehead atoms. The molecule has 0 amide bonds.